The molecule has 0 aliphatic heterocycles. The number of hydrogen-bond acceptors (Lipinski definition) is 3. The molecule has 1 heterocycles. The molecule has 0 aliphatic rings. The van der Waals surface area contributed by atoms with Crippen LogP contribution in [-0.4, -0.2) is 23.5 Å². The normalized spacial score (nSPS) is 11.8. The van der Waals surface area contributed by atoms with Gasteiger partial charge in [0.05, 0.1) is 20.5 Å². The van der Waals surface area contributed by atoms with Crippen molar-refractivity contribution < 1.29 is 18.3 Å². The van der Waals surface area contributed by atoms with E-state index in [0.717, 1.165) is 3.97 Å². The van der Waals surface area contributed by atoms with Crippen LogP contribution in [-0.2, 0) is 10.0 Å². The molecule has 0 bridgehead atoms. The predicted molar refractivity (Wildman–Crippen MR) is 93.0 cm³/mol. The molecule has 24 heavy (non-hydrogen) atoms. The number of nitrogens with zero attached hydrogens (tertiary/aromatic N) is 1. The van der Waals surface area contributed by atoms with E-state index in [0.29, 0.717) is 10.4 Å². The molecule has 0 fully saturated rings. The highest BCUT2D eigenvalue weighted by Gasteiger charge is 2.26. The standard InChI is InChI=1S/C15H8Cl3NO4S/c16-9-1-4-13-8(5-9)6-14(15(20)21)19(13)24(22,23)10-2-3-11(17)12(18)7-10/h1-7H,(H,20,21). The number of carboxylic acid groups (broad SMARTS) is 1. The Morgan fingerprint density at radius 1 is 0.958 bits per heavy atom. The summed E-state index contributed by atoms with van der Waals surface area (Å²) in [4.78, 5) is 11.3. The summed E-state index contributed by atoms with van der Waals surface area (Å²) < 4.78 is 26.6. The quantitative estimate of drug-likeness (QED) is 0.695. The highest BCUT2D eigenvalue weighted by molar-refractivity contribution is 7.90. The van der Waals surface area contributed by atoms with Gasteiger partial charge >= 0.3 is 5.97 Å². The molecule has 1 N–H and O–H groups in total. The lowest BCUT2D eigenvalue weighted by Crippen LogP contribution is -2.18. The van der Waals surface area contributed by atoms with Crippen LogP contribution in [0.5, 0.6) is 0 Å². The van der Waals surface area contributed by atoms with Crippen LogP contribution >= 0.6 is 34.8 Å². The van der Waals surface area contributed by atoms with Crippen LogP contribution in [0.3, 0.4) is 0 Å². The molecule has 0 amide bonds. The Labute approximate surface area is 152 Å². The fraction of sp³-hybridized carbons (Fsp3) is 0. The first-order chi connectivity index (χ1) is 11.2. The molecule has 0 spiro atoms. The van der Waals surface area contributed by atoms with E-state index in [-0.39, 0.29) is 20.5 Å². The smallest absolute Gasteiger partial charge is 0.353 e. The number of aromatic carboxylic acids is 1. The molecule has 0 unspecified atom stereocenters. The van der Waals surface area contributed by atoms with Gasteiger partial charge in [0, 0.05) is 10.4 Å². The van der Waals surface area contributed by atoms with Crippen molar-refractivity contribution in [3.63, 3.8) is 0 Å². The molecular weight excluding hydrogens is 397 g/mol. The number of fused-ring (bicyclic) bond motifs is 1. The van der Waals surface area contributed by atoms with Crippen molar-refractivity contribution in [2.45, 2.75) is 4.90 Å². The Bertz CT molecular complexity index is 1090. The highest BCUT2D eigenvalue weighted by atomic mass is 35.5. The molecule has 0 atom stereocenters. The molecule has 0 saturated carbocycles. The second-order valence-corrected chi connectivity index (χ2v) is 7.92. The molecule has 1 aromatic heterocycles. The first kappa shape index (κ1) is 17.1. The van der Waals surface area contributed by atoms with Gasteiger partial charge in [-0.25, -0.2) is 17.2 Å². The minimum atomic E-state index is -4.20. The van der Waals surface area contributed by atoms with Gasteiger partial charge in [0.15, 0.2) is 0 Å². The molecule has 3 rings (SSSR count). The van der Waals surface area contributed by atoms with Gasteiger partial charge in [-0.15, -0.1) is 0 Å². The van der Waals surface area contributed by atoms with Crippen LogP contribution in [0.4, 0.5) is 0 Å². The zero-order valence-corrected chi connectivity index (χ0v) is 14.8. The third kappa shape index (κ3) is 2.75. The van der Waals surface area contributed by atoms with Crippen LogP contribution < -0.4 is 0 Å². The van der Waals surface area contributed by atoms with E-state index >= 15 is 0 Å². The van der Waals surface area contributed by atoms with Crippen molar-refractivity contribution >= 4 is 61.7 Å². The van der Waals surface area contributed by atoms with E-state index in [1.807, 2.05) is 0 Å². The molecule has 0 aliphatic carbocycles. The Kier molecular flexibility index (Phi) is 4.25. The van der Waals surface area contributed by atoms with Gasteiger partial charge in [0.25, 0.3) is 10.0 Å². The van der Waals surface area contributed by atoms with E-state index in [9.17, 15) is 18.3 Å². The van der Waals surface area contributed by atoms with Crippen molar-refractivity contribution in [1.29, 1.82) is 0 Å². The van der Waals surface area contributed by atoms with Crippen LogP contribution in [0.1, 0.15) is 10.5 Å². The fourth-order valence-corrected chi connectivity index (χ4v) is 4.39. The third-order valence-corrected chi connectivity index (χ3v) is 6.07. The second kappa shape index (κ2) is 5.97. The lowest BCUT2D eigenvalue weighted by atomic mass is 10.2. The van der Waals surface area contributed by atoms with Crippen molar-refractivity contribution in [2.24, 2.45) is 0 Å². The maximum atomic E-state index is 12.9. The molecule has 5 nitrogen and oxygen atoms in total. The van der Waals surface area contributed by atoms with Gasteiger partial charge in [0.1, 0.15) is 5.69 Å². The van der Waals surface area contributed by atoms with Gasteiger partial charge in [-0.3, -0.25) is 0 Å². The van der Waals surface area contributed by atoms with Crippen molar-refractivity contribution in [1.82, 2.24) is 3.97 Å². The van der Waals surface area contributed by atoms with Gasteiger partial charge in [0.2, 0.25) is 0 Å². The summed E-state index contributed by atoms with van der Waals surface area (Å²) in [5, 5.41) is 10.4. The maximum Gasteiger partial charge on any atom is 0.353 e. The lowest BCUT2D eigenvalue weighted by molar-refractivity contribution is 0.0689. The summed E-state index contributed by atoms with van der Waals surface area (Å²) >= 11 is 17.6. The van der Waals surface area contributed by atoms with Gasteiger partial charge in [-0.1, -0.05) is 34.8 Å². The first-order valence-corrected chi connectivity index (χ1v) is 9.04. The van der Waals surface area contributed by atoms with Crippen molar-refractivity contribution in [3.05, 3.63) is 63.2 Å². The van der Waals surface area contributed by atoms with Crippen LogP contribution in [0.15, 0.2) is 47.4 Å². The van der Waals surface area contributed by atoms with Crippen molar-refractivity contribution in [3.8, 4) is 0 Å². The zero-order chi connectivity index (χ0) is 17.6. The second-order valence-electron chi connectivity index (χ2n) is 4.88. The Hall–Kier alpha value is -1.73. The summed E-state index contributed by atoms with van der Waals surface area (Å²) in [5.41, 5.74) is -0.207. The Morgan fingerprint density at radius 3 is 2.29 bits per heavy atom. The summed E-state index contributed by atoms with van der Waals surface area (Å²) in [6.45, 7) is 0. The van der Waals surface area contributed by atoms with E-state index in [4.69, 9.17) is 34.8 Å². The van der Waals surface area contributed by atoms with Gasteiger partial charge in [-0.2, -0.15) is 0 Å². The van der Waals surface area contributed by atoms with Gasteiger partial charge < -0.3 is 5.11 Å². The lowest BCUT2D eigenvalue weighted by Gasteiger charge is -2.10. The average Bonchev–Trinajstić information content (AvgIpc) is 2.89. The summed E-state index contributed by atoms with van der Waals surface area (Å²) in [6.07, 6.45) is 0. The summed E-state index contributed by atoms with van der Waals surface area (Å²) in [6, 6.07) is 9.43. The molecule has 2 aromatic carbocycles. The molecule has 124 valence electrons. The number of rotatable bonds is 3. The monoisotopic (exact) mass is 403 g/mol. The van der Waals surface area contributed by atoms with Crippen LogP contribution in [0.25, 0.3) is 10.9 Å². The SMILES string of the molecule is O=C(O)c1cc2cc(Cl)ccc2n1S(=O)(=O)c1ccc(Cl)c(Cl)c1. The van der Waals surface area contributed by atoms with Crippen molar-refractivity contribution in [2.75, 3.05) is 0 Å². The number of hydrogen-bond donors (Lipinski definition) is 1. The fourth-order valence-electron chi connectivity index (χ4n) is 2.31. The number of carbonyl (C=O) groups is 1. The number of benzene rings is 2. The molecule has 0 radical (unpaired) electrons. The Morgan fingerprint density at radius 2 is 1.67 bits per heavy atom. The topological polar surface area (TPSA) is 76.4 Å². The molecule has 0 saturated heterocycles. The summed E-state index contributed by atoms with van der Waals surface area (Å²) in [7, 11) is -4.20. The average molecular weight is 405 g/mol. The predicted octanol–water partition coefficient (Wildman–Crippen LogP) is 4.54. The first-order valence-electron chi connectivity index (χ1n) is 6.47. The minimum absolute atomic E-state index is 0.0501. The van der Waals surface area contributed by atoms with E-state index in [1.54, 1.807) is 0 Å². The van der Waals surface area contributed by atoms with E-state index < -0.39 is 21.7 Å². The Balaban J connectivity index is 2.36. The van der Waals surface area contributed by atoms with Gasteiger partial charge in [-0.05, 0) is 42.5 Å². The number of halogens is 3. The zero-order valence-electron chi connectivity index (χ0n) is 11.7. The highest BCUT2D eigenvalue weighted by Crippen LogP contribution is 2.30. The molecule has 3 aromatic rings. The number of aromatic nitrogens is 1. The summed E-state index contributed by atoms with van der Waals surface area (Å²) in [5.74, 6) is -1.38. The molecule has 9 heteroatoms. The largest absolute Gasteiger partial charge is 0.477 e. The number of carboxylic acids is 1. The van der Waals surface area contributed by atoms with E-state index in [2.05, 4.69) is 0 Å². The van der Waals surface area contributed by atoms with Crippen LogP contribution in [0, 0.1) is 0 Å². The van der Waals surface area contributed by atoms with E-state index in [1.165, 1.54) is 42.5 Å². The molecular formula is C15H8Cl3NO4S. The van der Waals surface area contributed by atoms with Crippen LogP contribution in [0.2, 0.25) is 15.1 Å². The maximum absolute atomic E-state index is 12.9. The third-order valence-electron chi connectivity index (χ3n) is 3.37. The minimum Gasteiger partial charge on any atom is -0.477 e.